The molecule has 0 aliphatic heterocycles. The third kappa shape index (κ3) is 3.61. The van der Waals surface area contributed by atoms with E-state index in [9.17, 15) is 4.79 Å². The van der Waals surface area contributed by atoms with Crippen LogP contribution in [0.4, 0.5) is 0 Å². The molecule has 0 spiro atoms. The molecule has 0 fully saturated rings. The Morgan fingerprint density at radius 1 is 1.33 bits per heavy atom. The van der Waals surface area contributed by atoms with Gasteiger partial charge in [0.25, 0.3) is 0 Å². The van der Waals surface area contributed by atoms with Crippen LogP contribution in [0.2, 0.25) is 0 Å². The number of rotatable bonds is 1. The Kier molecular flexibility index (Phi) is 7.89. The van der Waals surface area contributed by atoms with Gasteiger partial charge in [-0.15, -0.1) is 0 Å². The molecule has 0 saturated carbocycles. The normalized spacial score (nSPS) is 7.67. The average molecular weight is 218 g/mol. The maximum atomic E-state index is 10.3. The quantitative estimate of drug-likeness (QED) is 0.547. The van der Waals surface area contributed by atoms with Gasteiger partial charge in [0.15, 0.2) is 0 Å². The average Bonchev–Trinajstić information content (AvgIpc) is 1.88. The van der Waals surface area contributed by atoms with Gasteiger partial charge in [-0.05, 0) is 12.1 Å². The third-order valence-corrected chi connectivity index (χ3v) is 1.13. The number of aromatic carboxylic acids is 1. The molecule has 0 aliphatic rings. The number of carboxylic acid groups (broad SMARTS) is 1. The molecule has 62 valence electrons. The van der Waals surface area contributed by atoms with Crippen LogP contribution in [0.25, 0.3) is 0 Å². The van der Waals surface area contributed by atoms with Crippen molar-refractivity contribution in [2.24, 2.45) is 0 Å². The molecule has 0 aliphatic carbocycles. The molecule has 2 N–H and O–H groups in total. The largest absolute Gasteiger partial charge is 1.00 e. The Hall–Kier alpha value is 0.00948. The first kappa shape index (κ1) is 14.5. The van der Waals surface area contributed by atoms with Gasteiger partial charge >= 0.3 is 35.5 Å². The van der Waals surface area contributed by atoms with Crippen LogP contribution in [0.3, 0.4) is 0 Å². The molecule has 1 aromatic carbocycles. The van der Waals surface area contributed by atoms with Crippen molar-refractivity contribution in [3.8, 4) is 5.75 Å². The van der Waals surface area contributed by atoms with E-state index in [2.05, 4.69) is 0 Å². The van der Waals surface area contributed by atoms with Gasteiger partial charge < -0.3 is 11.6 Å². The van der Waals surface area contributed by atoms with Gasteiger partial charge in [0.1, 0.15) is 11.3 Å². The summed E-state index contributed by atoms with van der Waals surface area (Å²) in [5, 5.41) is 17.3. The van der Waals surface area contributed by atoms with Crippen molar-refractivity contribution in [2.75, 3.05) is 0 Å². The summed E-state index contributed by atoms with van der Waals surface area (Å²) < 4.78 is 0. The van der Waals surface area contributed by atoms with E-state index >= 15 is 0 Å². The van der Waals surface area contributed by atoms with Gasteiger partial charge in [-0.2, -0.15) is 0 Å². The fraction of sp³-hybridized carbons (Fsp3) is 0. The molecule has 0 aromatic heterocycles. The molecule has 0 amide bonds. The first-order valence-corrected chi connectivity index (χ1v) is 2.73. The zero-order valence-corrected chi connectivity index (χ0v) is 9.57. The van der Waals surface area contributed by atoms with Gasteiger partial charge in [-0.3, -0.25) is 0 Å². The molecule has 1 aromatic rings. The zero-order chi connectivity index (χ0) is 7.56. The van der Waals surface area contributed by atoms with Crippen LogP contribution >= 0.6 is 0 Å². The fourth-order valence-corrected chi connectivity index (χ4v) is 0.654. The van der Waals surface area contributed by atoms with Crippen LogP contribution in [0.15, 0.2) is 24.3 Å². The van der Waals surface area contributed by atoms with Gasteiger partial charge in [0, 0.05) is 17.1 Å². The zero-order valence-electron chi connectivity index (χ0n) is 7.47. The first-order chi connectivity index (χ1) is 4.72. The maximum Gasteiger partial charge on any atom is 1.00 e. The molecule has 12 heavy (non-hydrogen) atoms. The van der Waals surface area contributed by atoms with Crippen molar-refractivity contribution >= 4 is 5.97 Å². The second-order valence-electron chi connectivity index (χ2n) is 1.82. The summed E-state index contributed by atoms with van der Waals surface area (Å²) in [6, 6.07) is 5.81. The van der Waals surface area contributed by atoms with Crippen molar-refractivity contribution in [3.05, 3.63) is 29.8 Å². The molecule has 0 heterocycles. The van der Waals surface area contributed by atoms with Crippen LogP contribution < -0.4 is 29.6 Å². The summed E-state index contributed by atoms with van der Waals surface area (Å²) in [7, 11) is 0. The van der Waals surface area contributed by atoms with Crippen LogP contribution in [0, 0.1) is 0 Å². The molecule has 0 atom stereocenters. The number of hydrogen-bond acceptors (Lipinski definition) is 2. The van der Waals surface area contributed by atoms with E-state index < -0.39 is 5.97 Å². The van der Waals surface area contributed by atoms with Crippen molar-refractivity contribution in [1.82, 2.24) is 0 Å². The van der Waals surface area contributed by atoms with Crippen molar-refractivity contribution in [2.45, 2.75) is 0 Å². The topological polar surface area (TPSA) is 57.5 Å². The number of carboxylic acids is 1. The summed E-state index contributed by atoms with van der Waals surface area (Å²) >= 11 is 0. The van der Waals surface area contributed by atoms with E-state index in [-0.39, 0.29) is 59.4 Å². The standard InChI is InChI=1S/C7H6O3.Fe.Na.H/c8-6-4-2-1-3-5(6)7(9)10;;;/h1-4,8H,(H,9,10);;;/q;;+1;-1. The number of hydrogen-bond donors (Lipinski definition) is 2. The number of benzene rings is 1. The monoisotopic (exact) mass is 218 g/mol. The minimum Gasteiger partial charge on any atom is -1.00 e. The smallest absolute Gasteiger partial charge is 1.00 e. The van der Waals surface area contributed by atoms with E-state index in [1.165, 1.54) is 12.1 Å². The second kappa shape index (κ2) is 6.52. The van der Waals surface area contributed by atoms with Crippen molar-refractivity contribution in [1.29, 1.82) is 0 Å². The number of para-hydroxylation sites is 1. The van der Waals surface area contributed by atoms with E-state index in [4.69, 9.17) is 10.2 Å². The first-order valence-electron chi connectivity index (χ1n) is 2.73. The van der Waals surface area contributed by atoms with Gasteiger partial charge in [0.05, 0.1) is 0 Å². The number of aromatic hydroxyl groups is 1. The molecule has 0 bridgehead atoms. The van der Waals surface area contributed by atoms with Crippen molar-refractivity contribution in [3.63, 3.8) is 0 Å². The summed E-state index contributed by atoms with van der Waals surface area (Å²) in [4.78, 5) is 10.3. The molecular weight excluding hydrogens is 211 g/mol. The molecular formula is C7H7FeNaO3. The summed E-state index contributed by atoms with van der Waals surface area (Å²) in [5.74, 6) is -1.31. The van der Waals surface area contributed by atoms with Crippen LogP contribution in [0.5, 0.6) is 5.75 Å². The molecule has 3 nitrogen and oxygen atoms in total. The SMILES string of the molecule is O=C(O)c1ccccc1O.[Fe].[H-].[Na+]. The van der Waals surface area contributed by atoms with Crippen LogP contribution in [-0.2, 0) is 17.1 Å². The predicted molar refractivity (Wildman–Crippen MR) is 36.2 cm³/mol. The minimum atomic E-state index is -1.11. The van der Waals surface area contributed by atoms with Crippen LogP contribution in [0.1, 0.15) is 11.8 Å². The van der Waals surface area contributed by atoms with Crippen LogP contribution in [-0.4, -0.2) is 16.2 Å². The Morgan fingerprint density at radius 3 is 2.17 bits per heavy atom. The maximum absolute atomic E-state index is 10.3. The van der Waals surface area contributed by atoms with E-state index in [0.717, 1.165) is 0 Å². The molecule has 5 heteroatoms. The summed E-state index contributed by atoms with van der Waals surface area (Å²) in [5.41, 5.74) is -0.0671. The second-order valence-corrected chi connectivity index (χ2v) is 1.82. The van der Waals surface area contributed by atoms with Gasteiger partial charge in [0.2, 0.25) is 0 Å². The predicted octanol–water partition coefficient (Wildman–Crippen LogP) is -1.80. The summed E-state index contributed by atoms with van der Waals surface area (Å²) in [6.07, 6.45) is 0. The molecule has 1 rings (SSSR count). The molecule has 0 radical (unpaired) electrons. The Labute approximate surface area is 104 Å². The molecule has 0 unspecified atom stereocenters. The van der Waals surface area contributed by atoms with Gasteiger partial charge in [-0.25, -0.2) is 4.79 Å². The van der Waals surface area contributed by atoms with E-state index in [1.54, 1.807) is 12.1 Å². The molecule has 0 saturated heterocycles. The third-order valence-electron chi connectivity index (χ3n) is 1.13. The van der Waals surface area contributed by atoms with Gasteiger partial charge in [-0.1, -0.05) is 12.1 Å². The number of carbonyl (C=O) groups is 1. The number of phenols is 1. The van der Waals surface area contributed by atoms with E-state index in [1.807, 2.05) is 0 Å². The summed E-state index contributed by atoms with van der Waals surface area (Å²) in [6.45, 7) is 0. The van der Waals surface area contributed by atoms with E-state index in [0.29, 0.717) is 0 Å². The Bertz CT molecular complexity index is 270. The minimum absolute atomic E-state index is 0. The Morgan fingerprint density at radius 2 is 1.83 bits per heavy atom. The van der Waals surface area contributed by atoms with Crippen molar-refractivity contribution < 1.29 is 63.1 Å². The Balaban J connectivity index is -0.000000333. The fourth-order valence-electron chi connectivity index (χ4n) is 0.654.